The first kappa shape index (κ1) is 13.5. The zero-order valence-corrected chi connectivity index (χ0v) is 11.0. The second-order valence-electron chi connectivity index (χ2n) is 3.92. The molecule has 0 radical (unpaired) electrons. The average molecular weight is 242 g/mol. The van der Waals surface area contributed by atoms with Gasteiger partial charge in [0.05, 0.1) is 12.6 Å². The van der Waals surface area contributed by atoms with E-state index in [1.807, 2.05) is 26.1 Å². The van der Waals surface area contributed by atoms with E-state index in [-0.39, 0.29) is 6.04 Å². The van der Waals surface area contributed by atoms with Gasteiger partial charge >= 0.3 is 0 Å². The molecule has 0 aliphatic heterocycles. The smallest absolute Gasteiger partial charge is 0.0661 e. The van der Waals surface area contributed by atoms with Gasteiger partial charge in [0.2, 0.25) is 0 Å². The van der Waals surface area contributed by atoms with Crippen LogP contribution in [-0.2, 0) is 4.74 Å². The van der Waals surface area contributed by atoms with Crippen molar-refractivity contribution >= 4 is 11.6 Å². The molecule has 0 aliphatic carbocycles. The van der Waals surface area contributed by atoms with Crippen molar-refractivity contribution in [2.75, 3.05) is 20.3 Å². The third-order valence-electron chi connectivity index (χ3n) is 2.58. The van der Waals surface area contributed by atoms with Gasteiger partial charge in [-0.25, -0.2) is 0 Å². The second kappa shape index (κ2) is 6.89. The van der Waals surface area contributed by atoms with Crippen LogP contribution in [0.3, 0.4) is 0 Å². The highest BCUT2D eigenvalue weighted by atomic mass is 35.5. The van der Waals surface area contributed by atoms with Gasteiger partial charge in [-0.3, -0.25) is 0 Å². The lowest BCUT2D eigenvalue weighted by atomic mass is 10.1. The maximum absolute atomic E-state index is 6.11. The summed E-state index contributed by atoms with van der Waals surface area (Å²) in [5, 5.41) is 4.05. The molecule has 0 aliphatic rings. The molecule has 90 valence electrons. The molecule has 0 saturated carbocycles. The normalized spacial score (nSPS) is 12.8. The Morgan fingerprint density at radius 3 is 2.75 bits per heavy atom. The summed E-state index contributed by atoms with van der Waals surface area (Å²) >= 11 is 6.11. The van der Waals surface area contributed by atoms with Crippen molar-refractivity contribution in [1.29, 1.82) is 0 Å². The van der Waals surface area contributed by atoms with Crippen LogP contribution < -0.4 is 5.32 Å². The Hall–Kier alpha value is -0.570. The second-order valence-corrected chi connectivity index (χ2v) is 4.33. The van der Waals surface area contributed by atoms with E-state index in [4.69, 9.17) is 16.3 Å². The predicted molar refractivity (Wildman–Crippen MR) is 69.1 cm³/mol. The lowest BCUT2D eigenvalue weighted by Gasteiger charge is -2.17. The number of rotatable bonds is 6. The standard InChI is InChI=1S/C13H20ClNO/c1-4-7-16-9-13(15-3)11-6-5-10(2)12(14)8-11/h5-6,8,13,15H,4,7,9H2,1-3H3. The van der Waals surface area contributed by atoms with E-state index in [0.717, 1.165) is 23.6 Å². The van der Waals surface area contributed by atoms with E-state index in [1.165, 1.54) is 5.56 Å². The Labute approximate surface area is 103 Å². The first-order valence-electron chi connectivity index (χ1n) is 5.70. The summed E-state index contributed by atoms with van der Waals surface area (Å²) in [7, 11) is 1.94. The van der Waals surface area contributed by atoms with Crippen LogP contribution in [0.1, 0.15) is 30.5 Å². The van der Waals surface area contributed by atoms with Gasteiger partial charge in [0, 0.05) is 11.6 Å². The predicted octanol–water partition coefficient (Wildman–Crippen LogP) is 3.34. The summed E-state index contributed by atoms with van der Waals surface area (Å²) in [6.45, 7) is 5.60. The lowest BCUT2D eigenvalue weighted by Crippen LogP contribution is -2.22. The quantitative estimate of drug-likeness (QED) is 0.772. The Morgan fingerprint density at radius 1 is 1.44 bits per heavy atom. The fourth-order valence-electron chi connectivity index (χ4n) is 1.52. The van der Waals surface area contributed by atoms with E-state index in [2.05, 4.69) is 18.3 Å². The Morgan fingerprint density at radius 2 is 2.19 bits per heavy atom. The minimum atomic E-state index is 0.213. The molecule has 0 heterocycles. The highest BCUT2D eigenvalue weighted by molar-refractivity contribution is 6.31. The van der Waals surface area contributed by atoms with Crippen molar-refractivity contribution in [1.82, 2.24) is 5.32 Å². The Kier molecular flexibility index (Phi) is 5.81. The third kappa shape index (κ3) is 3.78. The molecule has 0 saturated heterocycles. The number of likely N-dealkylation sites (N-methyl/N-ethyl adjacent to an activating group) is 1. The minimum Gasteiger partial charge on any atom is -0.379 e. The lowest BCUT2D eigenvalue weighted by molar-refractivity contribution is 0.114. The van der Waals surface area contributed by atoms with E-state index < -0.39 is 0 Å². The zero-order valence-electron chi connectivity index (χ0n) is 10.2. The molecule has 2 nitrogen and oxygen atoms in total. The van der Waals surface area contributed by atoms with Crippen LogP contribution in [0.15, 0.2) is 18.2 Å². The zero-order chi connectivity index (χ0) is 12.0. The van der Waals surface area contributed by atoms with Crippen LogP contribution in [0.4, 0.5) is 0 Å². The molecule has 1 aromatic carbocycles. The minimum absolute atomic E-state index is 0.213. The van der Waals surface area contributed by atoms with E-state index in [1.54, 1.807) is 0 Å². The van der Waals surface area contributed by atoms with Gasteiger partial charge in [-0.2, -0.15) is 0 Å². The van der Waals surface area contributed by atoms with Crippen molar-refractivity contribution in [2.45, 2.75) is 26.3 Å². The molecular formula is C13H20ClNO. The summed E-state index contributed by atoms with van der Waals surface area (Å²) in [6.07, 6.45) is 1.05. The SMILES string of the molecule is CCCOCC(NC)c1ccc(C)c(Cl)c1. The van der Waals surface area contributed by atoms with E-state index in [9.17, 15) is 0 Å². The van der Waals surface area contributed by atoms with Crippen LogP contribution in [0.2, 0.25) is 5.02 Å². The summed E-state index contributed by atoms with van der Waals surface area (Å²) in [5.74, 6) is 0. The highest BCUT2D eigenvalue weighted by Gasteiger charge is 2.10. The fourth-order valence-corrected chi connectivity index (χ4v) is 1.71. The molecule has 0 fully saturated rings. The van der Waals surface area contributed by atoms with Gasteiger partial charge in [-0.05, 0) is 37.6 Å². The molecule has 0 bridgehead atoms. The summed E-state index contributed by atoms with van der Waals surface area (Å²) in [4.78, 5) is 0. The average Bonchev–Trinajstić information content (AvgIpc) is 2.29. The number of aryl methyl sites for hydroxylation is 1. The molecule has 1 N–H and O–H groups in total. The van der Waals surface area contributed by atoms with Gasteiger partial charge in [0.25, 0.3) is 0 Å². The molecule has 1 aromatic rings. The molecule has 16 heavy (non-hydrogen) atoms. The van der Waals surface area contributed by atoms with Gasteiger partial charge in [-0.1, -0.05) is 30.7 Å². The Bertz CT molecular complexity index is 328. The fraction of sp³-hybridized carbons (Fsp3) is 0.538. The van der Waals surface area contributed by atoms with Crippen LogP contribution >= 0.6 is 11.6 Å². The van der Waals surface area contributed by atoms with E-state index >= 15 is 0 Å². The molecule has 0 amide bonds. The first-order chi connectivity index (χ1) is 7.69. The van der Waals surface area contributed by atoms with Crippen LogP contribution in [0.25, 0.3) is 0 Å². The molecule has 1 unspecified atom stereocenters. The number of hydrogen-bond donors (Lipinski definition) is 1. The van der Waals surface area contributed by atoms with Crippen LogP contribution in [0, 0.1) is 6.92 Å². The molecular weight excluding hydrogens is 222 g/mol. The summed E-state index contributed by atoms with van der Waals surface area (Å²) in [5.41, 5.74) is 2.28. The van der Waals surface area contributed by atoms with Gasteiger partial charge in [0.1, 0.15) is 0 Å². The Balaban J connectivity index is 2.67. The molecule has 0 aromatic heterocycles. The van der Waals surface area contributed by atoms with Crippen molar-refractivity contribution in [3.63, 3.8) is 0 Å². The number of hydrogen-bond acceptors (Lipinski definition) is 2. The maximum atomic E-state index is 6.11. The molecule has 0 spiro atoms. The molecule has 1 atom stereocenters. The molecule has 3 heteroatoms. The van der Waals surface area contributed by atoms with Gasteiger partial charge < -0.3 is 10.1 Å². The van der Waals surface area contributed by atoms with Crippen molar-refractivity contribution in [3.8, 4) is 0 Å². The van der Waals surface area contributed by atoms with Crippen LogP contribution in [-0.4, -0.2) is 20.3 Å². The van der Waals surface area contributed by atoms with Crippen molar-refractivity contribution in [2.24, 2.45) is 0 Å². The van der Waals surface area contributed by atoms with Gasteiger partial charge in [-0.15, -0.1) is 0 Å². The number of ether oxygens (including phenoxy) is 1. The third-order valence-corrected chi connectivity index (χ3v) is 2.99. The number of benzene rings is 1. The van der Waals surface area contributed by atoms with Crippen LogP contribution in [0.5, 0.6) is 0 Å². The monoisotopic (exact) mass is 241 g/mol. The number of halogens is 1. The topological polar surface area (TPSA) is 21.3 Å². The van der Waals surface area contributed by atoms with Crippen molar-refractivity contribution in [3.05, 3.63) is 34.3 Å². The van der Waals surface area contributed by atoms with Gasteiger partial charge in [0.15, 0.2) is 0 Å². The highest BCUT2D eigenvalue weighted by Crippen LogP contribution is 2.21. The maximum Gasteiger partial charge on any atom is 0.0661 e. The summed E-state index contributed by atoms with van der Waals surface area (Å²) < 4.78 is 5.55. The largest absolute Gasteiger partial charge is 0.379 e. The van der Waals surface area contributed by atoms with E-state index in [0.29, 0.717) is 6.61 Å². The van der Waals surface area contributed by atoms with Crippen molar-refractivity contribution < 1.29 is 4.74 Å². The number of nitrogens with one attached hydrogen (secondary N) is 1. The first-order valence-corrected chi connectivity index (χ1v) is 6.08. The molecule has 1 rings (SSSR count). The summed E-state index contributed by atoms with van der Waals surface area (Å²) in [6, 6.07) is 6.36.